The molecule has 2 aromatic heterocycles. The quantitative estimate of drug-likeness (QED) is 0.247. The Morgan fingerprint density at radius 2 is 1.93 bits per heavy atom. The van der Waals surface area contributed by atoms with Gasteiger partial charge in [-0.25, -0.2) is 18.9 Å². The van der Waals surface area contributed by atoms with E-state index in [-0.39, 0.29) is 28.2 Å². The van der Waals surface area contributed by atoms with Crippen LogP contribution in [-0.2, 0) is 9.53 Å². The molecule has 1 aliphatic rings. The average Bonchev–Trinajstić information content (AvgIpc) is 3.41. The summed E-state index contributed by atoms with van der Waals surface area (Å²) in [5.74, 6) is -1.48. The van der Waals surface area contributed by atoms with Crippen LogP contribution < -0.4 is 20.7 Å². The third-order valence-corrected chi connectivity index (χ3v) is 7.85. The molecule has 45 heavy (non-hydrogen) atoms. The summed E-state index contributed by atoms with van der Waals surface area (Å²) >= 11 is 5.95. The smallest absolute Gasteiger partial charge is 0.411 e. The molecule has 3 heterocycles. The van der Waals surface area contributed by atoms with Crippen molar-refractivity contribution in [3.05, 3.63) is 76.5 Å². The molecule has 0 saturated carbocycles. The molecule has 3 N–H and O–H groups in total. The number of rotatable bonds is 5. The molecule has 12 nitrogen and oxygen atoms in total. The number of amides is 3. The van der Waals surface area contributed by atoms with E-state index in [9.17, 15) is 18.8 Å². The summed E-state index contributed by atoms with van der Waals surface area (Å²) in [6.07, 6.45) is 0.896. The number of methoxy groups -OCH3 is 2. The molecule has 234 valence electrons. The van der Waals surface area contributed by atoms with Crippen LogP contribution in [0.2, 0.25) is 5.02 Å². The van der Waals surface area contributed by atoms with Crippen LogP contribution in [0, 0.1) is 18.7 Å². The molecule has 0 fully saturated rings. The minimum Gasteiger partial charge on any atom is -0.481 e. The number of nitrogens with one attached hydrogen (secondary N) is 3. The molecule has 2 bridgehead atoms. The lowest BCUT2D eigenvalue weighted by Crippen LogP contribution is -2.30. The highest BCUT2D eigenvalue weighted by Crippen LogP contribution is 2.36. The highest BCUT2D eigenvalue weighted by atomic mass is 35.5. The van der Waals surface area contributed by atoms with Gasteiger partial charge in [-0.15, -0.1) is 5.10 Å². The Labute approximate surface area is 263 Å². The summed E-state index contributed by atoms with van der Waals surface area (Å²) < 4.78 is 26.2. The number of pyridine rings is 1. The summed E-state index contributed by atoms with van der Waals surface area (Å²) in [7, 11) is 2.74. The van der Waals surface area contributed by atoms with Crippen LogP contribution in [-0.4, -0.2) is 52.1 Å². The lowest BCUT2D eigenvalue weighted by Gasteiger charge is -2.23. The summed E-state index contributed by atoms with van der Waals surface area (Å²) in [5, 5.41) is 16.6. The van der Waals surface area contributed by atoms with Crippen molar-refractivity contribution in [3.63, 3.8) is 0 Å². The van der Waals surface area contributed by atoms with E-state index in [1.807, 2.05) is 13.0 Å². The Morgan fingerprint density at radius 1 is 1.13 bits per heavy atom. The molecule has 2 atom stereocenters. The third kappa shape index (κ3) is 6.73. The van der Waals surface area contributed by atoms with Crippen molar-refractivity contribution < 1.29 is 28.2 Å². The first-order chi connectivity index (χ1) is 21.6. The first-order valence-electron chi connectivity index (χ1n) is 14.1. The number of carbonyl (C=O) groups excluding carboxylic acids is 3. The fourth-order valence-electron chi connectivity index (χ4n) is 5.07. The highest BCUT2D eigenvalue weighted by molar-refractivity contribution is 6.30. The van der Waals surface area contributed by atoms with Crippen molar-refractivity contribution in [2.24, 2.45) is 5.92 Å². The predicted molar refractivity (Wildman–Crippen MR) is 165 cm³/mol. The lowest BCUT2D eigenvalue weighted by molar-refractivity contribution is -0.119. The molecule has 14 heteroatoms. The molecule has 4 aromatic rings. The van der Waals surface area contributed by atoms with Gasteiger partial charge in [0.05, 0.1) is 42.4 Å². The summed E-state index contributed by atoms with van der Waals surface area (Å²) in [4.78, 5) is 43.3. The maximum Gasteiger partial charge on any atom is 0.411 e. The van der Waals surface area contributed by atoms with Crippen LogP contribution in [0.1, 0.15) is 54.1 Å². The maximum absolute atomic E-state index is 14.7. The number of hydrogen-bond acceptors (Lipinski definition) is 8. The number of carbonyl (C=O) groups is 3. The molecule has 5 rings (SSSR count). The first-order valence-corrected chi connectivity index (χ1v) is 14.5. The summed E-state index contributed by atoms with van der Waals surface area (Å²) in [5.41, 5.74) is 3.08. The van der Waals surface area contributed by atoms with Gasteiger partial charge in [-0.2, -0.15) is 0 Å². The van der Waals surface area contributed by atoms with Crippen molar-refractivity contribution in [3.8, 4) is 22.7 Å². The lowest BCUT2D eigenvalue weighted by atomic mass is 9.95. The number of ether oxygens (including phenoxy) is 2. The number of anilines is 2. The number of aromatic nitrogens is 4. The zero-order chi connectivity index (χ0) is 32.2. The summed E-state index contributed by atoms with van der Waals surface area (Å²) in [6.45, 7) is 3.43. The van der Waals surface area contributed by atoms with Gasteiger partial charge in [0.2, 0.25) is 11.8 Å². The van der Waals surface area contributed by atoms with Gasteiger partial charge in [0.15, 0.2) is 11.5 Å². The van der Waals surface area contributed by atoms with Crippen LogP contribution in [0.25, 0.3) is 16.8 Å². The number of nitrogens with zero attached hydrogens (tertiary/aromatic N) is 4. The van der Waals surface area contributed by atoms with Gasteiger partial charge < -0.3 is 20.1 Å². The second-order valence-electron chi connectivity index (χ2n) is 10.6. The largest absolute Gasteiger partial charge is 0.481 e. The molecule has 2 aromatic carbocycles. The standard InChI is InChI=1S/C31H31ClFN7O5/c1-16-7-5-9-22(36-30(42)28-17(2)40(39-38-28)25-10-6-8-21(32)27(25)33)24-13-18(14-26(35-24)44-3)20-12-11-19(34-31(43)45-4)15-23(20)37-29(16)41/h6,8,10-16,22H,5,7,9H2,1-4H3,(H,34,43)(H,36,42)(H,37,41)/t16-,22+/m1/s1. The first kappa shape index (κ1) is 31.4. The Kier molecular flexibility index (Phi) is 9.28. The van der Waals surface area contributed by atoms with E-state index in [0.717, 1.165) is 0 Å². The zero-order valence-corrected chi connectivity index (χ0v) is 25.7. The second-order valence-corrected chi connectivity index (χ2v) is 11.0. The molecule has 0 spiro atoms. The number of halogens is 2. The van der Waals surface area contributed by atoms with Crippen molar-refractivity contribution in [2.75, 3.05) is 24.9 Å². The fraction of sp³-hybridized carbons (Fsp3) is 0.290. The van der Waals surface area contributed by atoms with Crippen LogP contribution in [0.15, 0.2) is 48.5 Å². The Morgan fingerprint density at radius 3 is 2.69 bits per heavy atom. The number of fused-ring (bicyclic) bond motifs is 4. The van der Waals surface area contributed by atoms with E-state index in [2.05, 4.69) is 31.2 Å². The molecule has 0 saturated heterocycles. The minimum atomic E-state index is -0.682. The van der Waals surface area contributed by atoms with Crippen molar-refractivity contribution in [1.29, 1.82) is 0 Å². The normalized spacial score (nSPS) is 16.4. The van der Waals surface area contributed by atoms with Crippen molar-refractivity contribution in [2.45, 2.75) is 39.2 Å². The van der Waals surface area contributed by atoms with Crippen LogP contribution >= 0.6 is 11.6 Å². The van der Waals surface area contributed by atoms with Gasteiger partial charge in [0.1, 0.15) is 5.69 Å². The molecule has 0 radical (unpaired) electrons. The Balaban J connectivity index is 1.53. The zero-order valence-electron chi connectivity index (χ0n) is 25.0. The molecule has 3 amide bonds. The fourth-order valence-corrected chi connectivity index (χ4v) is 5.24. The van der Waals surface area contributed by atoms with Crippen LogP contribution in [0.4, 0.5) is 20.6 Å². The molecular formula is C31H31ClFN7O5. The van der Waals surface area contributed by atoms with E-state index < -0.39 is 23.9 Å². The highest BCUT2D eigenvalue weighted by Gasteiger charge is 2.26. The number of hydrogen-bond donors (Lipinski definition) is 3. The van der Waals surface area contributed by atoms with Gasteiger partial charge in [-0.1, -0.05) is 42.3 Å². The van der Waals surface area contributed by atoms with Gasteiger partial charge in [0.25, 0.3) is 5.91 Å². The Bertz CT molecular complexity index is 1780. The van der Waals surface area contributed by atoms with Crippen molar-refractivity contribution in [1.82, 2.24) is 25.3 Å². The third-order valence-electron chi connectivity index (χ3n) is 7.56. The van der Waals surface area contributed by atoms with Gasteiger partial charge in [0, 0.05) is 23.2 Å². The molecule has 0 unspecified atom stereocenters. The monoisotopic (exact) mass is 635 g/mol. The molecule has 1 aliphatic heterocycles. The SMILES string of the molecule is COC(=O)Nc1ccc2c(c1)NC(=O)[C@H](C)CCC[C@H](NC(=O)c1nnn(-c3cccc(Cl)c3F)c1C)c1cc-2cc(OC)n1. The van der Waals surface area contributed by atoms with E-state index in [4.69, 9.17) is 21.1 Å². The van der Waals surface area contributed by atoms with Crippen LogP contribution in [0.5, 0.6) is 5.88 Å². The maximum atomic E-state index is 14.7. The van der Waals surface area contributed by atoms with Crippen molar-refractivity contribution >= 4 is 40.9 Å². The number of benzene rings is 2. The van der Waals surface area contributed by atoms with E-state index in [1.165, 1.54) is 31.0 Å². The topological polar surface area (TPSA) is 149 Å². The molecule has 0 aliphatic carbocycles. The molecular weight excluding hydrogens is 605 g/mol. The van der Waals surface area contributed by atoms with Gasteiger partial charge >= 0.3 is 6.09 Å². The minimum absolute atomic E-state index is 0.00679. The Hall–Kier alpha value is -5.04. The van der Waals surface area contributed by atoms with E-state index in [0.29, 0.717) is 59.0 Å². The van der Waals surface area contributed by atoms with Gasteiger partial charge in [-0.05, 0) is 55.7 Å². The predicted octanol–water partition coefficient (Wildman–Crippen LogP) is 5.85. The van der Waals surface area contributed by atoms with Gasteiger partial charge in [-0.3, -0.25) is 14.9 Å². The second kappa shape index (κ2) is 13.3. The van der Waals surface area contributed by atoms with E-state index in [1.54, 1.807) is 37.3 Å². The van der Waals surface area contributed by atoms with Crippen LogP contribution in [0.3, 0.4) is 0 Å². The van der Waals surface area contributed by atoms with E-state index >= 15 is 0 Å². The summed E-state index contributed by atoms with van der Waals surface area (Å²) in [6, 6.07) is 12.5. The average molecular weight is 636 g/mol.